The first-order chi connectivity index (χ1) is 13.5. The molecule has 0 bridgehead atoms. The van der Waals surface area contributed by atoms with Gasteiger partial charge in [0.2, 0.25) is 0 Å². The van der Waals surface area contributed by atoms with Gasteiger partial charge in [0.25, 0.3) is 5.91 Å². The summed E-state index contributed by atoms with van der Waals surface area (Å²) in [6, 6.07) is 5.32. The number of hydrogen-bond donors (Lipinski definition) is 1. The monoisotopic (exact) mass is 403 g/mol. The van der Waals surface area contributed by atoms with E-state index in [1.807, 2.05) is 13.0 Å². The zero-order valence-electron chi connectivity index (χ0n) is 16.1. The molecule has 0 spiro atoms. The third-order valence-electron chi connectivity index (χ3n) is 4.82. The van der Waals surface area contributed by atoms with Crippen LogP contribution in [-0.4, -0.2) is 34.7 Å². The average molecular weight is 404 g/mol. The van der Waals surface area contributed by atoms with Crippen LogP contribution in [0, 0.1) is 12.8 Å². The molecule has 7 nitrogen and oxygen atoms in total. The second kappa shape index (κ2) is 9.73. The van der Waals surface area contributed by atoms with Crippen LogP contribution in [0.4, 0.5) is 0 Å². The molecule has 0 unspecified atom stereocenters. The Balaban J connectivity index is 1.53. The number of esters is 1. The van der Waals surface area contributed by atoms with Crippen LogP contribution >= 0.6 is 11.8 Å². The fraction of sp³-hybridized carbons (Fsp3) is 0.500. The van der Waals surface area contributed by atoms with Crippen LogP contribution in [0.2, 0.25) is 0 Å². The van der Waals surface area contributed by atoms with E-state index in [-0.39, 0.29) is 18.6 Å². The highest BCUT2D eigenvalue weighted by Gasteiger charge is 2.23. The Bertz CT molecular complexity index is 823. The number of nitrogens with zero attached hydrogens (tertiary/aromatic N) is 2. The first-order valence-electron chi connectivity index (χ1n) is 9.49. The van der Waals surface area contributed by atoms with Crippen molar-refractivity contribution < 1.29 is 18.8 Å². The number of ether oxygens (including phenoxy) is 1. The third kappa shape index (κ3) is 5.58. The van der Waals surface area contributed by atoms with Gasteiger partial charge >= 0.3 is 5.97 Å². The molecule has 3 rings (SSSR count). The van der Waals surface area contributed by atoms with E-state index in [1.54, 1.807) is 18.3 Å². The zero-order chi connectivity index (χ0) is 19.9. The maximum atomic E-state index is 12.5. The van der Waals surface area contributed by atoms with E-state index in [9.17, 15) is 9.59 Å². The first-order valence-corrected chi connectivity index (χ1v) is 10.5. The predicted octanol–water partition coefficient (Wildman–Crippen LogP) is 3.52. The Morgan fingerprint density at radius 3 is 2.93 bits per heavy atom. The van der Waals surface area contributed by atoms with Crippen molar-refractivity contribution in [2.75, 3.05) is 6.61 Å². The van der Waals surface area contributed by atoms with Crippen molar-refractivity contribution in [2.45, 2.75) is 56.4 Å². The van der Waals surface area contributed by atoms with Gasteiger partial charge in [-0.1, -0.05) is 36.7 Å². The Morgan fingerprint density at radius 2 is 2.18 bits per heavy atom. The molecule has 2 aromatic heterocycles. The molecule has 2 atom stereocenters. The van der Waals surface area contributed by atoms with Crippen LogP contribution in [0.15, 0.2) is 33.9 Å². The maximum Gasteiger partial charge on any atom is 0.341 e. The number of aryl methyl sites for hydroxylation is 1. The summed E-state index contributed by atoms with van der Waals surface area (Å²) >= 11 is 1.37. The molecule has 8 heteroatoms. The van der Waals surface area contributed by atoms with Crippen LogP contribution in [0.3, 0.4) is 0 Å². The molecule has 0 aliphatic heterocycles. The molecular formula is C20H25N3O4S. The fourth-order valence-electron chi connectivity index (χ4n) is 3.28. The second-order valence-corrected chi connectivity index (χ2v) is 8.05. The zero-order valence-corrected chi connectivity index (χ0v) is 17.0. The molecule has 1 amide bonds. The number of nitrogens with one attached hydrogen (secondary N) is 1. The third-order valence-corrected chi connectivity index (χ3v) is 5.86. The van der Waals surface area contributed by atoms with Gasteiger partial charge in [0.15, 0.2) is 6.61 Å². The van der Waals surface area contributed by atoms with E-state index >= 15 is 0 Å². The molecular weight excluding hydrogens is 378 g/mol. The molecule has 0 saturated heterocycles. The molecule has 150 valence electrons. The smallest absolute Gasteiger partial charge is 0.341 e. The number of carbonyl (C=O) groups excluding carboxylic acids is 2. The number of aromatic nitrogens is 2. The first kappa shape index (κ1) is 20.4. The molecule has 28 heavy (non-hydrogen) atoms. The molecule has 1 aliphatic carbocycles. The van der Waals surface area contributed by atoms with E-state index in [1.165, 1.54) is 18.2 Å². The van der Waals surface area contributed by atoms with Gasteiger partial charge in [-0.05, 0) is 37.8 Å². The van der Waals surface area contributed by atoms with E-state index in [2.05, 4.69) is 22.4 Å². The maximum absolute atomic E-state index is 12.5. The Hall–Kier alpha value is -2.35. The van der Waals surface area contributed by atoms with Gasteiger partial charge in [0.05, 0.1) is 11.3 Å². The Morgan fingerprint density at radius 1 is 1.36 bits per heavy atom. The summed E-state index contributed by atoms with van der Waals surface area (Å²) < 4.78 is 10.3. The lowest BCUT2D eigenvalue weighted by Gasteiger charge is -2.29. The predicted molar refractivity (Wildman–Crippen MR) is 105 cm³/mol. The van der Waals surface area contributed by atoms with Gasteiger partial charge in [-0.3, -0.25) is 4.79 Å². The summed E-state index contributed by atoms with van der Waals surface area (Å²) in [5.41, 5.74) is 1.11. The SMILES string of the molecule is Cc1cc(CSc2ncccc2C(=O)OCC(=O)N[C@@H]2CCCC[C@H]2C)no1. The summed E-state index contributed by atoms with van der Waals surface area (Å²) in [5.74, 6) is 0.890. The lowest BCUT2D eigenvalue weighted by Crippen LogP contribution is -2.42. The number of rotatable bonds is 7. The van der Waals surface area contributed by atoms with Crippen molar-refractivity contribution in [3.05, 3.63) is 41.4 Å². The Kier molecular flexibility index (Phi) is 7.08. The summed E-state index contributed by atoms with van der Waals surface area (Å²) in [4.78, 5) is 28.9. The highest BCUT2D eigenvalue weighted by Crippen LogP contribution is 2.25. The topological polar surface area (TPSA) is 94.3 Å². The molecule has 0 aromatic carbocycles. The van der Waals surface area contributed by atoms with Crippen molar-refractivity contribution >= 4 is 23.6 Å². The Labute approximate surface area is 168 Å². The summed E-state index contributed by atoms with van der Waals surface area (Å²) in [5, 5.41) is 7.45. The molecule has 1 N–H and O–H groups in total. The second-order valence-electron chi connectivity index (χ2n) is 7.09. The standard InChI is InChI=1S/C20H25N3O4S/c1-13-6-3-4-8-17(13)22-18(24)11-26-20(25)16-7-5-9-21-19(16)28-12-15-10-14(2)27-23-15/h5,7,9-10,13,17H,3-4,6,8,11-12H2,1-2H3,(H,22,24)/t13-,17-/m1/s1. The summed E-state index contributed by atoms with van der Waals surface area (Å²) in [7, 11) is 0. The normalized spacial score (nSPS) is 19.2. The van der Waals surface area contributed by atoms with Crippen molar-refractivity contribution in [2.24, 2.45) is 5.92 Å². The number of carbonyl (C=O) groups is 2. The van der Waals surface area contributed by atoms with E-state index in [0.29, 0.717) is 22.3 Å². The molecule has 2 aromatic rings. The number of amides is 1. The van der Waals surface area contributed by atoms with Gasteiger partial charge < -0.3 is 14.6 Å². The van der Waals surface area contributed by atoms with Gasteiger partial charge in [0, 0.05) is 24.1 Å². The highest BCUT2D eigenvalue weighted by molar-refractivity contribution is 7.98. The number of thioether (sulfide) groups is 1. The van der Waals surface area contributed by atoms with E-state index < -0.39 is 5.97 Å². The summed E-state index contributed by atoms with van der Waals surface area (Å²) in [6.45, 7) is 3.68. The molecule has 2 heterocycles. The van der Waals surface area contributed by atoms with Crippen LogP contribution < -0.4 is 5.32 Å². The van der Waals surface area contributed by atoms with Crippen LogP contribution in [0.5, 0.6) is 0 Å². The van der Waals surface area contributed by atoms with Gasteiger partial charge in [-0.2, -0.15) is 0 Å². The number of hydrogen-bond acceptors (Lipinski definition) is 7. The van der Waals surface area contributed by atoms with Crippen molar-refractivity contribution in [3.8, 4) is 0 Å². The minimum atomic E-state index is -0.557. The molecule has 1 fully saturated rings. The van der Waals surface area contributed by atoms with Crippen molar-refractivity contribution in [1.82, 2.24) is 15.5 Å². The lowest BCUT2D eigenvalue weighted by atomic mass is 9.86. The van der Waals surface area contributed by atoms with Crippen LogP contribution in [0.1, 0.15) is 54.4 Å². The fourth-order valence-corrected chi connectivity index (χ4v) is 4.14. The quantitative estimate of drug-likeness (QED) is 0.558. The largest absolute Gasteiger partial charge is 0.452 e. The van der Waals surface area contributed by atoms with Crippen molar-refractivity contribution in [1.29, 1.82) is 0 Å². The molecule has 0 radical (unpaired) electrons. The lowest BCUT2D eigenvalue weighted by molar-refractivity contribution is -0.125. The van der Waals surface area contributed by atoms with Gasteiger partial charge in [-0.25, -0.2) is 9.78 Å². The van der Waals surface area contributed by atoms with E-state index in [4.69, 9.17) is 9.26 Å². The number of pyridine rings is 1. The molecule has 1 saturated carbocycles. The average Bonchev–Trinajstić information content (AvgIpc) is 3.12. The van der Waals surface area contributed by atoms with E-state index in [0.717, 1.165) is 30.7 Å². The van der Waals surface area contributed by atoms with Crippen molar-refractivity contribution in [3.63, 3.8) is 0 Å². The highest BCUT2D eigenvalue weighted by atomic mass is 32.2. The summed E-state index contributed by atoms with van der Waals surface area (Å²) in [6.07, 6.45) is 6.04. The minimum Gasteiger partial charge on any atom is -0.452 e. The van der Waals surface area contributed by atoms with Gasteiger partial charge in [0.1, 0.15) is 10.8 Å². The molecule has 1 aliphatic rings. The van der Waals surface area contributed by atoms with Crippen LogP contribution in [0.25, 0.3) is 0 Å². The van der Waals surface area contributed by atoms with Crippen LogP contribution in [-0.2, 0) is 15.3 Å². The minimum absolute atomic E-state index is 0.162. The van der Waals surface area contributed by atoms with Gasteiger partial charge in [-0.15, -0.1) is 0 Å².